The first-order valence-corrected chi connectivity index (χ1v) is 7.24. The van der Waals surface area contributed by atoms with E-state index in [1.165, 1.54) is 6.33 Å². The summed E-state index contributed by atoms with van der Waals surface area (Å²) in [5.41, 5.74) is 1.89. The molecule has 0 unspecified atom stereocenters. The Morgan fingerprint density at radius 3 is 2.91 bits per heavy atom. The van der Waals surface area contributed by atoms with Crippen molar-refractivity contribution in [2.75, 3.05) is 0 Å². The van der Waals surface area contributed by atoms with Crippen LogP contribution < -0.4 is 5.32 Å². The third-order valence-electron chi connectivity index (χ3n) is 4.15. The molecule has 0 radical (unpaired) electrons. The number of hydrogen-bond donors (Lipinski definition) is 2. The highest BCUT2D eigenvalue weighted by atomic mass is 19.4. The molecule has 1 aliphatic carbocycles. The summed E-state index contributed by atoms with van der Waals surface area (Å²) in [4.78, 5) is 19.2. The lowest BCUT2D eigenvalue weighted by Crippen LogP contribution is -2.41. The summed E-state index contributed by atoms with van der Waals surface area (Å²) in [5.74, 6) is -1.66. The number of nitrogens with zero attached hydrogens (tertiary/aromatic N) is 1. The van der Waals surface area contributed by atoms with Gasteiger partial charge in [0.15, 0.2) is 0 Å². The molecule has 2 aromatic rings. The molecule has 0 spiro atoms. The second-order valence-corrected chi connectivity index (χ2v) is 5.71. The van der Waals surface area contributed by atoms with Gasteiger partial charge in [-0.25, -0.2) is 4.98 Å². The number of aromatic amines is 1. The molecule has 1 saturated carbocycles. The fourth-order valence-corrected chi connectivity index (χ4v) is 2.96. The van der Waals surface area contributed by atoms with Crippen molar-refractivity contribution in [2.45, 2.75) is 37.9 Å². The van der Waals surface area contributed by atoms with Gasteiger partial charge in [0.2, 0.25) is 0 Å². The molecule has 22 heavy (non-hydrogen) atoms. The summed E-state index contributed by atoms with van der Waals surface area (Å²) >= 11 is 0. The molecule has 0 saturated heterocycles. The first-order valence-electron chi connectivity index (χ1n) is 7.24. The number of alkyl halides is 3. The van der Waals surface area contributed by atoms with Crippen LogP contribution in [0.15, 0.2) is 24.5 Å². The monoisotopic (exact) mass is 311 g/mol. The van der Waals surface area contributed by atoms with Gasteiger partial charge in [-0.2, -0.15) is 13.2 Å². The molecule has 0 aliphatic heterocycles. The van der Waals surface area contributed by atoms with Gasteiger partial charge >= 0.3 is 6.18 Å². The Labute approximate surface area is 125 Å². The molecular formula is C15H16F3N3O. The van der Waals surface area contributed by atoms with E-state index in [1.54, 1.807) is 18.2 Å². The molecule has 1 aromatic carbocycles. The van der Waals surface area contributed by atoms with Gasteiger partial charge in [0.1, 0.15) is 0 Å². The van der Waals surface area contributed by atoms with E-state index in [0.717, 1.165) is 11.0 Å². The molecule has 2 atom stereocenters. The van der Waals surface area contributed by atoms with Crippen molar-refractivity contribution in [1.82, 2.24) is 15.3 Å². The fourth-order valence-electron chi connectivity index (χ4n) is 2.96. The number of fused-ring (bicyclic) bond motifs is 1. The highest BCUT2D eigenvalue weighted by Crippen LogP contribution is 2.37. The highest BCUT2D eigenvalue weighted by Gasteiger charge is 2.42. The van der Waals surface area contributed by atoms with Gasteiger partial charge < -0.3 is 10.3 Å². The smallest absolute Gasteiger partial charge is 0.349 e. The summed E-state index contributed by atoms with van der Waals surface area (Å²) in [6.07, 6.45) is -1.48. The van der Waals surface area contributed by atoms with Crippen LogP contribution in [0.1, 0.15) is 36.0 Å². The molecular weight excluding hydrogens is 295 g/mol. The number of carbonyl (C=O) groups excluding carboxylic acids is 1. The number of halogens is 3. The normalized spacial score (nSPS) is 22.7. The lowest BCUT2D eigenvalue weighted by molar-refractivity contribution is -0.183. The number of H-pyrrole nitrogens is 1. The summed E-state index contributed by atoms with van der Waals surface area (Å²) in [6, 6.07) is 4.56. The van der Waals surface area contributed by atoms with Crippen LogP contribution in [-0.2, 0) is 0 Å². The maximum absolute atomic E-state index is 12.8. The first-order chi connectivity index (χ1) is 10.4. The molecule has 7 heteroatoms. The minimum Gasteiger partial charge on any atom is -0.349 e. The van der Waals surface area contributed by atoms with Crippen LogP contribution in [0.3, 0.4) is 0 Å². The van der Waals surface area contributed by atoms with Crippen LogP contribution >= 0.6 is 0 Å². The fraction of sp³-hybridized carbons (Fsp3) is 0.467. The van der Waals surface area contributed by atoms with Crippen LogP contribution in [0.2, 0.25) is 0 Å². The van der Waals surface area contributed by atoms with Crippen molar-refractivity contribution < 1.29 is 18.0 Å². The van der Waals surface area contributed by atoms with Crippen molar-refractivity contribution in [3.63, 3.8) is 0 Å². The van der Waals surface area contributed by atoms with Crippen LogP contribution in [0, 0.1) is 5.92 Å². The van der Waals surface area contributed by atoms with E-state index < -0.39 is 18.1 Å². The summed E-state index contributed by atoms with van der Waals surface area (Å²) < 4.78 is 38.4. The molecule has 1 fully saturated rings. The lowest BCUT2D eigenvalue weighted by Gasteiger charge is -2.31. The van der Waals surface area contributed by atoms with Crippen molar-refractivity contribution in [2.24, 2.45) is 5.92 Å². The molecule has 3 rings (SSSR count). The van der Waals surface area contributed by atoms with E-state index in [2.05, 4.69) is 15.3 Å². The third kappa shape index (κ3) is 3.08. The zero-order valence-electron chi connectivity index (χ0n) is 11.8. The van der Waals surface area contributed by atoms with Crippen molar-refractivity contribution in [3.8, 4) is 0 Å². The SMILES string of the molecule is O=C(N[C@@H]1CCC[C@@H](C(F)(F)F)C1)c1ccc2nc[nH]c2c1. The molecule has 118 valence electrons. The maximum atomic E-state index is 12.8. The molecule has 2 N–H and O–H groups in total. The molecule has 1 aliphatic rings. The van der Waals surface area contributed by atoms with E-state index in [0.29, 0.717) is 18.4 Å². The molecule has 1 aromatic heterocycles. The second kappa shape index (κ2) is 5.62. The van der Waals surface area contributed by atoms with Crippen LogP contribution in [0.25, 0.3) is 11.0 Å². The van der Waals surface area contributed by atoms with Gasteiger partial charge in [0.25, 0.3) is 5.91 Å². The van der Waals surface area contributed by atoms with Crippen LogP contribution in [0.4, 0.5) is 13.2 Å². The van der Waals surface area contributed by atoms with Gasteiger partial charge in [-0.3, -0.25) is 4.79 Å². The van der Waals surface area contributed by atoms with Gasteiger partial charge in [0.05, 0.1) is 23.3 Å². The number of nitrogens with one attached hydrogen (secondary N) is 2. The molecule has 4 nitrogen and oxygen atoms in total. The number of hydrogen-bond acceptors (Lipinski definition) is 2. The van der Waals surface area contributed by atoms with Gasteiger partial charge in [-0.15, -0.1) is 0 Å². The van der Waals surface area contributed by atoms with E-state index >= 15 is 0 Å². The van der Waals surface area contributed by atoms with Crippen molar-refractivity contribution in [1.29, 1.82) is 0 Å². The Hall–Kier alpha value is -2.05. The average molecular weight is 311 g/mol. The molecule has 1 heterocycles. The second-order valence-electron chi connectivity index (χ2n) is 5.71. The zero-order valence-corrected chi connectivity index (χ0v) is 11.8. The summed E-state index contributed by atoms with van der Waals surface area (Å²) in [7, 11) is 0. The molecule has 0 bridgehead atoms. The van der Waals surface area contributed by atoms with Gasteiger partial charge in [-0.1, -0.05) is 6.42 Å². The van der Waals surface area contributed by atoms with Crippen molar-refractivity contribution >= 4 is 16.9 Å². The summed E-state index contributed by atoms with van der Waals surface area (Å²) in [6.45, 7) is 0. The topological polar surface area (TPSA) is 57.8 Å². The van der Waals surface area contributed by atoms with Gasteiger partial charge in [0, 0.05) is 11.6 Å². The zero-order chi connectivity index (χ0) is 15.7. The maximum Gasteiger partial charge on any atom is 0.391 e. The van der Waals surface area contributed by atoms with E-state index in [1.807, 2.05) is 0 Å². The number of amides is 1. The number of rotatable bonds is 2. The van der Waals surface area contributed by atoms with E-state index in [9.17, 15) is 18.0 Å². The van der Waals surface area contributed by atoms with E-state index in [-0.39, 0.29) is 18.7 Å². The third-order valence-corrected chi connectivity index (χ3v) is 4.15. The largest absolute Gasteiger partial charge is 0.391 e. The van der Waals surface area contributed by atoms with Crippen LogP contribution in [0.5, 0.6) is 0 Å². The number of benzene rings is 1. The Morgan fingerprint density at radius 2 is 2.14 bits per heavy atom. The lowest BCUT2D eigenvalue weighted by atomic mass is 9.85. The standard InChI is InChI=1S/C15H16F3N3O/c16-15(17,18)10-2-1-3-11(7-10)21-14(22)9-4-5-12-13(6-9)20-8-19-12/h4-6,8,10-11H,1-3,7H2,(H,19,20)(H,21,22)/t10-,11-/m1/s1. The number of imidazole rings is 1. The Bertz CT molecular complexity index is 680. The van der Waals surface area contributed by atoms with Crippen LogP contribution in [-0.4, -0.2) is 28.1 Å². The van der Waals surface area contributed by atoms with E-state index in [4.69, 9.17) is 0 Å². The Kier molecular flexibility index (Phi) is 3.80. The minimum atomic E-state index is -4.18. The minimum absolute atomic E-state index is 0.0401. The van der Waals surface area contributed by atoms with Crippen molar-refractivity contribution in [3.05, 3.63) is 30.1 Å². The average Bonchev–Trinajstić information content (AvgIpc) is 2.94. The number of carbonyl (C=O) groups is 1. The Balaban J connectivity index is 1.68. The highest BCUT2D eigenvalue weighted by molar-refractivity contribution is 5.97. The Morgan fingerprint density at radius 1 is 1.32 bits per heavy atom. The quantitative estimate of drug-likeness (QED) is 0.893. The predicted molar refractivity (Wildman–Crippen MR) is 75.4 cm³/mol. The van der Waals surface area contributed by atoms with Gasteiger partial charge in [-0.05, 0) is 37.5 Å². The first kappa shape index (κ1) is 14.9. The predicted octanol–water partition coefficient (Wildman–Crippen LogP) is 3.41. The number of aromatic nitrogens is 2. The molecule has 1 amide bonds. The summed E-state index contributed by atoms with van der Waals surface area (Å²) in [5, 5.41) is 2.72.